The third kappa shape index (κ3) is 10.8. The third-order valence-electron chi connectivity index (χ3n) is 21.8. The number of hydrogen-bond donors (Lipinski definition) is 0. The molecular formula is C97H82BN5. The average molecular weight is 1330 g/mol. The van der Waals surface area contributed by atoms with E-state index in [-0.39, 0.29) is 28.4 Å². The van der Waals surface area contributed by atoms with Crippen LogP contribution in [0.15, 0.2) is 279 Å². The molecule has 0 spiro atoms. The number of aromatic nitrogens is 5. The Kier molecular flexibility index (Phi) is 14.6. The average Bonchev–Trinajstić information content (AvgIpc) is 1.53. The van der Waals surface area contributed by atoms with Gasteiger partial charge in [0.2, 0.25) is 0 Å². The lowest BCUT2D eigenvalue weighted by Gasteiger charge is -2.34. The lowest BCUT2D eigenvalue weighted by Crippen LogP contribution is -2.59. The molecule has 0 saturated carbocycles. The molecule has 0 bridgehead atoms. The first-order chi connectivity index (χ1) is 49.6. The molecule has 5 heterocycles. The van der Waals surface area contributed by atoms with Crippen LogP contribution in [0.4, 0.5) is 0 Å². The van der Waals surface area contributed by atoms with Crippen molar-refractivity contribution in [2.75, 3.05) is 0 Å². The second kappa shape index (κ2) is 23.6. The second-order valence-electron chi connectivity index (χ2n) is 32.9. The highest BCUT2D eigenvalue weighted by Gasteiger charge is 2.43. The molecule has 13 aromatic carbocycles. The van der Waals surface area contributed by atoms with E-state index in [1.807, 2.05) is 0 Å². The standard InChI is InChI=1S/C97H82BN5/c1-94(2,3)72-43-69(44-73(57-72)95(4,5)6)91-99-92(70-45-74(96(7,8)9)58-75(46-70)97(10,11)12)101-93(100-91)71-55-84-88-85(56-71)103-83-54-68(62-37-25-16-26-38-62)48-77(64-41-29-18-30-42-64)87(83)79-50-66(60-33-21-14-22-34-60)52-81(90(79)103)98(88)80-51-65(59-31-19-13-20-32-59)49-78-86-76(63-39-27-17-28-40-63)47-67(61-35-23-15-24-36-61)53-82(86)102(84)89(78)80/h13-58H,1-12H3. The van der Waals surface area contributed by atoms with Crippen LogP contribution in [-0.4, -0.2) is 30.8 Å². The van der Waals surface area contributed by atoms with Crippen molar-refractivity contribution in [2.45, 2.75) is 105 Å². The number of fused-ring (bicyclic) bond motifs is 10. The fourth-order valence-electron chi connectivity index (χ4n) is 16.3. The van der Waals surface area contributed by atoms with Crippen molar-refractivity contribution < 1.29 is 0 Å². The molecule has 0 saturated heterocycles. The van der Waals surface area contributed by atoms with E-state index in [1.54, 1.807) is 0 Å². The minimum absolute atomic E-state index is 0.164. The number of nitrogens with zero attached hydrogens (tertiary/aromatic N) is 5. The Balaban J connectivity index is 1.05. The van der Waals surface area contributed by atoms with Crippen LogP contribution in [0.2, 0.25) is 0 Å². The predicted octanol–water partition coefficient (Wildman–Crippen LogP) is 23.4. The Morgan fingerprint density at radius 3 is 0.816 bits per heavy atom. The maximum Gasteiger partial charge on any atom is 0.252 e. The van der Waals surface area contributed by atoms with Crippen molar-refractivity contribution in [3.63, 3.8) is 0 Å². The molecule has 16 aromatic rings. The van der Waals surface area contributed by atoms with Crippen LogP contribution < -0.4 is 16.4 Å². The van der Waals surface area contributed by atoms with E-state index in [2.05, 4.69) is 371 Å². The number of rotatable bonds is 9. The van der Waals surface area contributed by atoms with Gasteiger partial charge in [-0.1, -0.05) is 289 Å². The van der Waals surface area contributed by atoms with Gasteiger partial charge < -0.3 is 9.13 Å². The highest BCUT2D eigenvalue weighted by Crippen LogP contribution is 2.49. The van der Waals surface area contributed by atoms with E-state index < -0.39 is 0 Å². The topological polar surface area (TPSA) is 48.5 Å². The summed E-state index contributed by atoms with van der Waals surface area (Å²) >= 11 is 0. The molecule has 5 nitrogen and oxygen atoms in total. The van der Waals surface area contributed by atoms with Gasteiger partial charge in [-0.05, 0) is 200 Å². The van der Waals surface area contributed by atoms with Gasteiger partial charge in [-0.25, -0.2) is 15.0 Å². The summed E-state index contributed by atoms with van der Waals surface area (Å²) in [5, 5.41) is 4.82. The highest BCUT2D eigenvalue weighted by atomic mass is 15.1. The predicted molar refractivity (Wildman–Crippen MR) is 437 cm³/mol. The first kappa shape index (κ1) is 63.7. The molecule has 0 N–H and O–H groups in total. The fraction of sp³-hybridized carbons (Fsp3) is 0.165. The zero-order valence-corrected chi connectivity index (χ0v) is 60.9. The molecule has 0 fully saturated rings. The zero-order valence-electron chi connectivity index (χ0n) is 60.9. The van der Waals surface area contributed by atoms with Crippen LogP contribution in [0.3, 0.4) is 0 Å². The van der Waals surface area contributed by atoms with E-state index in [0.717, 1.165) is 72.5 Å². The molecule has 0 atom stereocenters. The van der Waals surface area contributed by atoms with E-state index in [1.165, 1.54) is 105 Å². The van der Waals surface area contributed by atoms with Gasteiger partial charge in [-0.15, -0.1) is 0 Å². The van der Waals surface area contributed by atoms with Gasteiger partial charge in [-0.3, -0.25) is 0 Å². The van der Waals surface area contributed by atoms with E-state index in [4.69, 9.17) is 15.0 Å². The van der Waals surface area contributed by atoms with Crippen molar-refractivity contribution in [1.82, 2.24) is 24.1 Å². The Morgan fingerprint density at radius 2 is 0.524 bits per heavy atom. The van der Waals surface area contributed by atoms with Crippen LogP contribution in [0.5, 0.6) is 0 Å². The Bertz CT molecular complexity index is 5670. The van der Waals surface area contributed by atoms with Gasteiger partial charge >= 0.3 is 0 Å². The van der Waals surface area contributed by atoms with Crippen molar-refractivity contribution in [3.8, 4) is 112 Å². The van der Waals surface area contributed by atoms with E-state index in [0.29, 0.717) is 17.5 Å². The summed E-state index contributed by atoms with van der Waals surface area (Å²) in [6, 6.07) is 105. The SMILES string of the molecule is CC(C)(C)c1cc(-c2nc(-c3cc(C(C)(C)C)cc(C(C)(C)C)c3)nc(-c3cc4c5c(c3)-n3c6cc(-c7ccccc7)cc(-c7ccccc7)c6c6cc(-c7ccccc7)cc(c63)B5c3cc(-c5ccccc5)cc5c6c(-c7ccccc7)cc(-c7ccccc7)cc6n-4c35)n2)cc(C(C)(C)C)c1. The summed E-state index contributed by atoms with van der Waals surface area (Å²) in [5.74, 6) is 1.88. The van der Waals surface area contributed by atoms with Crippen molar-refractivity contribution >= 4 is 66.7 Å². The van der Waals surface area contributed by atoms with Gasteiger partial charge in [0.05, 0.1) is 11.0 Å². The van der Waals surface area contributed by atoms with Crippen LogP contribution >= 0.6 is 0 Å². The molecule has 0 amide bonds. The molecule has 498 valence electrons. The van der Waals surface area contributed by atoms with Crippen molar-refractivity contribution in [2.24, 2.45) is 0 Å². The van der Waals surface area contributed by atoms with Gasteiger partial charge in [0.1, 0.15) is 0 Å². The molecule has 3 aromatic heterocycles. The molecule has 0 radical (unpaired) electrons. The zero-order chi connectivity index (χ0) is 70.6. The lowest BCUT2D eigenvalue weighted by molar-refractivity contribution is 0.568. The second-order valence-corrected chi connectivity index (χ2v) is 32.9. The summed E-state index contributed by atoms with van der Waals surface area (Å²) in [6.45, 7) is 27.5. The molecule has 103 heavy (non-hydrogen) atoms. The largest absolute Gasteiger partial charge is 0.310 e. The minimum atomic E-state index is -0.246. The van der Waals surface area contributed by atoms with Gasteiger partial charge in [0.25, 0.3) is 6.71 Å². The van der Waals surface area contributed by atoms with Gasteiger partial charge in [0, 0.05) is 60.6 Å². The summed E-state index contributed by atoms with van der Waals surface area (Å²) in [7, 11) is 0. The molecule has 0 aliphatic carbocycles. The molecule has 0 unspecified atom stereocenters. The molecular weight excluding hydrogens is 1250 g/mol. The van der Waals surface area contributed by atoms with Gasteiger partial charge in [-0.2, -0.15) is 0 Å². The van der Waals surface area contributed by atoms with Crippen molar-refractivity contribution in [1.29, 1.82) is 0 Å². The normalized spacial score (nSPS) is 12.8. The Hall–Kier alpha value is -11.5. The smallest absolute Gasteiger partial charge is 0.252 e. The maximum absolute atomic E-state index is 5.90. The molecule has 18 rings (SSSR count). The number of hydrogen-bond acceptors (Lipinski definition) is 3. The van der Waals surface area contributed by atoms with Crippen LogP contribution in [0.25, 0.3) is 156 Å². The first-order valence-electron chi connectivity index (χ1n) is 36.5. The molecule has 2 aliphatic heterocycles. The maximum atomic E-state index is 5.90. The lowest BCUT2D eigenvalue weighted by atomic mass is 9.34. The van der Waals surface area contributed by atoms with E-state index >= 15 is 0 Å². The molecule has 2 aliphatic rings. The highest BCUT2D eigenvalue weighted by molar-refractivity contribution is 7.00. The summed E-state index contributed by atoms with van der Waals surface area (Å²) < 4.78 is 5.31. The Morgan fingerprint density at radius 1 is 0.252 bits per heavy atom. The number of benzene rings is 13. The van der Waals surface area contributed by atoms with Crippen molar-refractivity contribution in [3.05, 3.63) is 301 Å². The summed E-state index contributed by atoms with van der Waals surface area (Å²) in [5.41, 5.74) is 31.7. The van der Waals surface area contributed by atoms with Gasteiger partial charge in [0.15, 0.2) is 17.5 Å². The van der Waals surface area contributed by atoms with Crippen LogP contribution in [0.1, 0.15) is 105 Å². The van der Waals surface area contributed by atoms with E-state index in [9.17, 15) is 0 Å². The Labute approximate surface area is 605 Å². The van der Waals surface area contributed by atoms with Crippen LogP contribution in [0, 0.1) is 0 Å². The quantitative estimate of drug-likeness (QED) is 0.135. The monoisotopic (exact) mass is 1330 g/mol. The fourth-order valence-corrected chi connectivity index (χ4v) is 16.3. The summed E-state index contributed by atoms with van der Waals surface area (Å²) in [6.07, 6.45) is 0. The first-order valence-corrected chi connectivity index (χ1v) is 36.5. The van der Waals surface area contributed by atoms with Crippen LogP contribution in [-0.2, 0) is 21.7 Å². The minimum Gasteiger partial charge on any atom is -0.310 e. The third-order valence-corrected chi connectivity index (χ3v) is 21.8. The summed E-state index contributed by atoms with van der Waals surface area (Å²) in [4.78, 5) is 17.5. The molecule has 6 heteroatoms.